The van der Waals surface area contributed by atoms with Crippen LogP contribution in [-0.2, 0) is 0 Å². The van der Waals surface area contributed by atoms with E-state index in [9.17, 15) is 0 Å². The lowest BCUT2D eigenvalue weighted by atomic mass is 10.00. The summed E-state index contributed by atoms with van der Waals surface area (Å²) in [6.07, 6.45) is 4.52. The van der Waals surface area contributed by atoms with Gasteiger partial charge >= 0.3 is 0 Å². The Morgan fingerprint density at radius 3 is 2.50 bits per heavy atom. The monoisotopic (exact) mass is 140 g/mol. The first-order valence-corrected chi connectivity index (χ1v) is 3.76. The Balaban J connectivity index is 2.49. The smallest absolute Gasteiger partial charge is 0.0239 e. The molecule has 2 heteroatoms. The van der Waals surface area contributed by atoms with Crippen LogP contribution in [0.25, 0.3) is 0 Å². The molecule has 2 N–H and O–H groups in total. The van der Waals surface area contributed by atoms with Gasteiger partial charge in [0.1, 0.15) is 0 Å². The minimum Gasteiger partial charge on any atom is -0.392 e. The van der Waals surface area contributed by atoms with Crippen molar-refractivity contribution in [1.82, 2.24) is 10.6 Å². The summed E-state index contributed by atoms with van der Waals surface area (Å²) in [5, 5.41) is 6.49. The van der Waals surface area contributed by atoms with E-state index in [-0.39, 0.29) is 0 Å². The van der Waals surface area contributed by atoms with Crippen LogP contribution in [0.15, 0.2) is 11.8 Å². The van der Waals surface area contributed by atoms with Crippen molar-refractivity contribution < 1.29 is 0 Å². The molecule has 0 spiro atoms. The van der Waals surface area contributed by atoms with Crippen LogP contribution in [0.1, 0.15) is 19.8 Å². The number of hydrogen-bond acceptors (Lipinski definition) is 2. The van der Waals surface area contributed by atoms with Crippen molar-refractivity contribution in [3.63, 3.8) is 0 Å². The Hall–Kier alpha value is -0.500. The van der Waals surface area contributed by atoms with Gasteiger partial charge in [0.2, 0.25) is 0 Å². The molecule has 1 rings (SSSR count). The minimum atomic E-state index is 0.304. The SMILES string of the molecule is CNC1=CCC(C)(NC)C1. The molecule has 0 aromatic carbocycles. The molecule has 0 fully saturated rings. The Labute approximate surface area is 62.7 Å². The summed E-state index contributed by atoms with van der Waals surface area (Å²) >= 11 is 0. The highest BCUT2D eigenvalue weighted by Crippen LogP contribution is 2.26. The first-order chi connectivity index (χ1) is 4.70. The molecule has 0 aromatic heterocycles. The zero-order chi connectivity index (χ0) is 7.61. The van der Waals surface area contributed by atoms with Crippen molar-refractivity contribution >= 4 is 0 Å². The summed E-state index contributed by atoms with van der Waals surface area (Å²) in [6, 6.07) is 0. The fraction of sp³-hybridized carbons (Fsp3) is 0.750. The summed E-state index contributed by atoms with van der Waals surface area (Å²) < 4.78 is 0. The third-order valence-corrected chi connectivity index (χ3v) is 2.30. The van der Waals surface area contributed by atoms with Crippen LogP contribution >= 0.6 is 0 Å². The molecule has 0 aliphatic heterocycles. The van der Waals surface area contributed by atoms with Crippen LogP contribution in [-0.4, -0.2) is 19.6 Å². The topological polar surface area (TPSA) is 24.1 Å². The molecule has 0 amide bonds. The van der Waals surface area contributed by atoms with E-state index >= 15 is 0 Å². The lowest BCUT2D eigenvalue weighted by Gasteiger charge is -2.23. The summed E-state index contributed by atoms with van der Waals surface area (Å²) in [4.78, 5) is 0. The van der Waals surface area contributed by atoms with Gasteiger partial charge in [-0.1, -0.05) is 6.08 Å². The van der Waals surface area contributed by atoms with Gasteiger partial charge in [-0.15, -0.1) is 0 Å². The highest BCUT2D eigenvalue weighted by Gasteiger charge is 2.26. The molecule has 0 heterocycles. The molecular formula is C8H16N2. The van der Waals surface area contributed by atoms with Gasteiger partial charge in [-0.2, -0.15) is 0 Å². The minimum absolute atomic E-state index is 0.304. The average molecular weight is 140 g/mol. The van der Waals surface area contributed by atoms with Crippen molar-refractivity contribution in [1.29, 1.82) is 0 Å². The maximum absolute atomic E-state index is 3.31. The highest BCUT2D eigenvalue weighted by atomic mass is 15.0. The van der Waals surface area contributed by atoms with Gasteiger partial charge in [0.25, 0.3) is 0 Å². The standard InChI is InChI=1S/C8H16N2/c1-8(10-3)5-4-7(6-8)9-2/h4,9-10H,5-6H2,1-3H3. The van der Waals surface area contributed by atoms with Crippen molar-refractivity contribution in [2.75, 3.05) is 14.1 Å². The van der Waals surface area contributed by atoms with Crippen molar-refractivity contribution in [3.8, 4) is 0 Å². The van der Waals surface area contributed by atoms with Crippen LogP contribution < -0.4 is 10.6 Å². The first kappa shape index (κ1) is 7.61. The fourth-order valence-electron chi connectivity index (χ4n) is 1.29. The maximum atomic E-state index is 3.31. The second-order valence-electron chi connectivity index (χ2n) is 3.17. The van der Waals surface area contributed by atoms with Gasteiger partial charge in [-0.3, -0.25) is 0 Å². The van der Waals surface area contributed by atoms with Gasteiger partial charge in [0.15, 0.2) is 0 Å². The lowest BCUT2D eigenvalue weighted by molar-refractivity contribution is 0.404. The number of rotatable bonds is 2. The summed E-state index contributed by atoms with van der Waals surface area (Å²) in [6.45, 7) is 2.24. The molecule has 1 atom stereocenters. The molecule has 0 bridgehead atoms. The van der Waals surface area contributed by atoms with E-state index in [2.05, 4.69) is 23.6 Å². The Kier molecular flexibility index (Phi) is 2.00. The van der Waals surface area contributed by atoms with Gasteiger partial charge in [-0.05, 0) is 20.4 Å². The van der Waals surface area contributed by atoms with Crippen molar-refractivity contribution in [2.24, 2.45) is 0 Å². The van der Waals surface area contributed by atoms with E-state index in [0.29, 0.717) is 5.54 Å². The van der Waals surface area contributed by atoms with Crippen LogP contribution in [0.5, 0.6) is 0 Å². The maximum Gasteiger partial charge on any atom is 0.0239 e. The molecule has 2 nitrogen and oxygen atoms in total. The summed E-state index contributed by atoms with van der Waals surface area (Å²) in [7, 11) is 4.00. The lowest BCUT2D eigenvalue weighted by Crippen LogP contribution is -2.37. The third kappa shape index (κ3) is 1.32. The predicted octanol–water partition coefficient (Wildman–Crippen LogP) is 0.862. The molecule has 0 radical (unpaired) electrons. The molecule has 1 aliphatic rings. The van der Waals surface area contributed by atoms with E-state index < -0.39 is 0 Å². The largest absolute Gasteiger partial charge is 0.392 e. The molecule has 1 aliphatic carbocycles. The first-order valence-electron chi connectivity index (χ1n) is 3.76. The van der Waals surface area contributed by atoms with E-state index in [0.717, 1.165) is 12.8 Å². The van der Waals surface area contributed by atoms with Crippen LogP contribution in [0.3, 0.4) is 0 Å². The summed E-state index contributed by atoms with van der Waals surface area (Å²) in [5.74, 6) is 0. The fourth-order valence-corrected chi connectivity index (χ4v) is 1.29. The van der Waals surface area contributed by atoms with Crippen LogP contribution in [0.4, 0.5) is 0 Å². The molecule has 58 valence electrons. The zero-order valence-electron chi connectivity index (χ0n) is 6.99. The van der Waals surface area contributed by atoms with Crippen LogP contribution in [0, 0.1) is 0 Å². The van der Waals surface area contributed by atoms with E-state index in [1.165, 1.54) is 5.70 Å². The van der Waals surface area contributed by atoms with Crippen LogP contribution in [0.2, 0.25) is 0 Å². The molecule has 0 aromatic rings. The zero-order valence-corrected chi connectivity index (χ0v) is 6.99. The normalized spacial score (nSPS) is 32.1. The molecule has 1 unspecified atom stereocenters. The molecular weight excluding hydrogens is 124 g/mol. The second-order valence-corrected chi connectivity index (χ2v) is 3.17. The Morgan fingerprint density at radius 2 is 2.20 bits per heavy atom. The van der Waals surface area contributed by atoms with Gasteiger partial charge in [-0.25, -0.2) is 0 Å². The predicted molar refractivity (Wildman–Crippen MR) is 43.8 cm³/mol. The van der Waals surface area contributed by atoms with E-state index in [1.54, 1.807) is 0 Å². The summed E-state index contributed by atoms with van der Waals surface area (Å²) in [5.41, 5.74) is 1.66. The molecule has 0 saturated carbocycles. The highest BCUT2D eigenvalue weighted by molar-refractivity contribution is 5.15. The van der Waals surface area contributed by atoms with Crippen molar-refractivity contribution in [3.05, 3.63) is 11.8 Å². The van der Waals surface area contributed by atoms with Crippen molar-refractivity contribution in [2.45, 2.75) is 25.3 Å². The Bertz CT molecular complexity index is 151. The second kappa shape index (κ2) is 2.62. The van der Waals surface area contributed by atoms with Gasteiger partial charge in [0, 0.05) is 24.7 Å². The Morgan fingerprint density at radius 1 is 1.50 bits per heavy atom. The van der Waals surface area contributed by atoms with Gasteiger partial charge < -0.3 is 10.6 Å². The molecule has 0 saturated heterocycles. The average Bonchev–Trinajstić information content (AvgIpc) is 2.33. The number of hydrogen-bond donors (Lipinski definition) is 2. The quantitative estimate of drug-likeness (QED) is 0.594. The van der Waals surface area contributed by atoms with Gasteiger partial charge in [0.05, 0.1) is 0 Å². The number of nitrogens with one attached hydrogen (secondary N) is 2. The third-order valence-electron chi connectivity index (χ3n) is 2.30. The molecule has 10 heavy (non-hydrogen) atoms. The van der Waals surface area contributed by atoms with E-state index in [1.807, 2.05) is 14.1 Å². The van der Waals surface area contributed by atoms with E-state index in [4.69, 9.17) is 0 Å².